The SMILES string of the molecule is CC1=C(c2ccc([C@@H](C)CC(=O)[C@@H]3C[C@@H](O)CN3C(=O)[C@@H](NC(=O)COCCCCNc3ccc(C(=O)NC4C(C)(C)C(Oc5ccc(C#N)c(Cl)c5)C4(C)C)cc3)C(C)(C)C)cc2)CC=N1. The van der Waals surface area contributed by atoms with Crippen LogP contribution in [0.3, 0.4) is 0 Å². The maximum Gasteiger partial charge on any atom is 0.251 e. The Morgan fingerprint density at radius 2 is 1.69 bits per heavy atom. The van der Waals surface area contributed by atoms with Gasteiger partial charge in [0.15, 0.2) is 5.78 Å². The fourth-order valence-electron chi connectivity index (χ4n) is 10.1. The summed E-state index contributed by atoms with van der Waals surface area (Å²) in [4.78, 5) is 60.2. The third-order valence-electron chi connectivity index (χ3n) is 13.6. The number of carbonyl (C=O) groups is 4. The summed E-state index contributed by atoms with van der Waals surface area (Å²) in [5.41, 5.74) is 4.69. The fraction of sp³-hybridized carbons (Fsp3) is 0.509. The van der Waals surface area contributed by atoms with Crippen LogP contribution < -0.4 is 20.7 Å². The van der Waals surface area contributed by atoms with Gasteiger partial charge in [0.05, 0.1) is 22.7 Å². The van der Waals surface area contributed by atoms with E-state index in [1.807, 2.05) is 65.1 Å². The minimum Gasteiger partial charge on any atom is -0.489 e. The normalized spacial score (nSPS) is 21.5. The van der Waals surface area contributed by atoms with Crippen molar-refractivity contribution in [3.05, 3.63) is 99.7 Å². The zero-order valence-electron chi connectivity index (χ0n) is 40.4. The number of aliphatic hydroxyl groups is 1. The summed E-state index contributed by atoms with van der Waals surface area (Å²) in [7, 11) is 0. The van der Waals surface area contributed by atoms with Crippen LogP contribution in [0.15, 0.2) is 77.4 Å². The van der Waals surface area contributed by atoms with E-state index in [1.165, 1.54) is 10.5 Å². The van der Waals surface area contributed by atoms with Gasteiger partial charge in [0.2, 0.25) is 11.8 Å². The Hall–Kier alpha value is -5.55. The number of anilines is 1. The molecule has 2 heterocycles. The minimum absolute atomic E-state index is 0.0236. The third-order valence-corrected chi connectivity index (χ3v) is 13.9. The van der Waals surface area contributed by atoms with Crippen LogP contribution in [-0.4, -0.2) is 96.4 Å². The number of β-amino-alcohol motifs (C(OH)–C–C–N with tert-alkyl or cyclic N) is 1. The molecule has 13 nitrogen and oxygen atoms in total. The topological polar surface area (TPSA) is 182 Å². The standard InChI is InChI=1S/C53H67ClN6O7/c1-32(34-12-14-35(15-13-34)41-22-24-56-33(41)2)26-44(62)43-27-39(61)30-60(43)48(65)46(51(3,4)5)58-45(63)31-66-25-11-10-23-57-38-19-16-36(17-20-38)47(64)59-49-52(6,7)50(53(49,8)9)67-40-21-18-37(29-55)42(54)28-40/h12-21,24,28,32,39,43,46,49-50,57,61H,10-11,22-23,25-27,30-31H2,1-9H3,(H,58,63)(H,59,64)/t32-,39+,43-,46+,49?,50?/m0/s1. The number of ether oxygens (including phenoxy) is 2. The van der Waals surface area contributed by atoms with E-state index in [-0.39, 0.29) is 66.6 Å². The lowest BCUT2D eigenvalue weighted by Crippen LogP contribution is -2.74. The Kier molecular flexibility index (Phi) is 16.1. The van der Waals surface area contributed by atoms with Gasteiger partial charge in [-0.3, -0.25) is 24.2 Å². The number of nitrogens with zero attached hydrogens (tertiary/aromatic N) is 3. The zero-order valence-corrected chi connectivity index (χ0v) is 41.1. The van der Waals surface area contributed by atoms with Crippen LogP contribution in [0.25, 0.3) is 5.57 Å². The van der Waals surface area contributed by atoms with E-state index in [0.717, 1.165) is 35.4 Å². The van der Waals surface area contributed by atoms with Crippen LogP contribution in [0.1, 0.15) is 127 Å². The van der Waals surface area contributed by atoms with E-state index in [4.69, 9.17) is 21.1 Å². The Bertz CT molecular complexity index is 2380. The maximum atomic E-state index is 14.1. The quantitative estimate of drug-likeness (QED) is 0.0857. The van der Waals surface area contributed by atoms with E-state index < -0.39 is 35.4 Å². The maximum absolute atomic E-state index is 14.1. The molecule has 67 heavy (non-hydrogen) atoms. The fourth-order valence-corrected chi connectivity index (χ4v) is 10.3. The highest BCUT2D eigenvalue weighted by Gasteiger charge is 2.64. The van der Waals surface area contributed by atoms with Gasteiger partial charge in [0.25, 0.3) is 5.91 Å². The molecule has 1 saturated carbocycles. The first-order chi connectivity index (χ1) is 31.6. The summed E-state index contributed by atoms with van der Waals surface area (Å²) in [5.74, 6) is -0.637. The van der Waals surface area contributed by atoms with E-state index >= 15 is 0 Å². The van der Waals surface area contributed by atoms with E-state index in [0.29, 0.717) is 41.5 Å². The average Bonchev–Trinajstić information content (AvgIpc) is 3.90. The number of hydrogen-bond donors (Lipinski definition) is 4. The number of halogens is 1. The van der Waals surface area contributed by atoms with Crippen molar-refractivity contribution >= 4 is 52.6 Å². The molecule has 2 fully saturated rings. The number of aliphatic hydroxyl groups excluding tert-OH is 1. The van der Waals surface area contributed by atoms with Crippen molar-refractivity contribution in [2.45, 2.75) is 131 Å². The number of hydrogen-bond acceptors (Lipinski definition) is 10. The second-order valence-corrected chi connectivity index (χ2v) is 21.0. The first kappa shape index (κ1) is 50.9. The van der Waals surface area contributed by atoms with E-state index in [1.54, 1.807) is 30.3 Å². The Morgan fingerprint density at radius 3 is 2.30 bits per heavy atom. The molecular formula is C53H67ClN6O7. The number of nitriles is 1. The summed E-state index contributed by atoms with van der Waals surface area (Å²) in [6.45, 7) is 18.6. The van der Waals surface area contributed by atoms with Crippen molar-refractivity contribution in [1.29, 1.82) is 5.26 Å². The predicted molar refractivity (Wildman–Crippen MR) is 262 cm³/mol. The molecule has 14 heteroatoms. The van der Waals surface area contributed by atoms with Crippen LogP contribution >= 0.6 is 11.6 Å². The van der Waals surface area contributed by atoms with Crippen molar-refractivity contribution in [2.24, 2.45) is 21.2 Å². The van der Waals surface area contributed by atoms with Gasteiger partial charge in [-0.2, -0.15) is 5.26 Å². The highest BCUT2D eigenvalue weighted by Crippen LogP contribution is 2.55. The molecule has 3 aromatic rings. The number of unbranched alkanes of at least 4 members (excludes halogenated alkanes) is 1. The molecular weight excluding hydrogens is 868 g/mol. The van der Waals surface area contributed by atoms with Gasteiger partial charge < -0.3 is 35.4 Å². The van der Waals surface area contributed by atoms with Gasteiger partial charge in [-0.05, 0) is 84.2 Å². The number of carbonyl (C=O) groups excluding carboxylic acids is 4. The number of benzene rings is 3. The first-order valence-corrected chi connectivity index (χ1v) is 23.7. The number of rotatable bonds is 19. The van der Waals surface area contributed by atoms with Crippen molar-refractivity contribution in [3.63, 3.8) is 0 Å². The van der Waals surface area contributed by atoms with Crippen LogP contribution in [0.4, 0.5) is 5.69 Å². The predicted octanol–water partition coefficient (Wildman–Crippen LogP) is 8.49. The number of likely N-dealkylation sites (tertiary alicyclic amines) is 1. The summed E-state index contributed by atoms with van der Waals surface area (Å²) in [6.07, 6.45) is 3.49. The number of aliphatic imine (C=N–C) groups is 1. The average molecular weight is 936 g/mol. The van der Waals surface area contributed by atoms with Crippen LogP contribution in [0.2, 0.25) is 5.02 Å². The molecule has 3 amide bonds. The molecule has 0 bridgehead atoms. The number of nitrogens with one attached hydrogen (secondary N) is 3. The van der Waals surface area contributed by atoms with Gasteiger partial charge in [0, 0.05) is 85.1 Å². The Labute approximate surface area is 400 Å². The van der Waals surface area contributed by atoms with E-state index in [9.17, 15) is 29.5 Å². The Morgan fingerprint density at radius 1 is 1.00 bits per heavy atom. The molecule has 358 valence electrons. The number of ketones is 1. The largest absolute Gasteiger partial charge is 0.489 e. The number of Topliss-reactive ketones (excluding diaryl/α,β-unsaturated/α-hetero) is 1. The highest BCUT2D eigenvalue weighted by molar-refractivity contribution is 6.31. The molecule has 0 spiro atoms. The highest BCUT2D eigenvalue weighted by atomic mass is 35.5. The van der Waals surface area contributed by atoms with Crippen molar-refractivity contribution < 1.29 is 33.8 Å². The molecule has 0 unspecified atom stereocenters. The monoisotopic (exact) mass is 934 g/mol. The van der Waals surface area contributed by atoms with Crippen molar-refractivity contribution in [2.75, 3.05) is 31.6 Å². The summed E-state index contributed by atoms with van der Waals surface area (Å²) >= 11 is 6.24. The molecule has 3 aliphatic rings. The second-order valence-electron chi connectivity index (χ2n) is 20.6. The number of allylic oxidation sites excluding steroid dienone is 2. The van der Waals surface area contributed by atoms with Gasteiger partial charge in [0.1, 0.15) is 30.6 Å². The Balaban J connectivity index is 0.904. The molecule has 4 atom stereocenters. The lowest BCUT2D eigenvalue weighted by atomic mass is 9.49. The molecule has 1 aliphatic carbocycles. The van der Waals surface area contributed by atoms with Gasteiger partial charge in [-0.1, -0.05) is 91.3 Å². The smallest absolute Gasteiger partial charge is 0.251 e. The molecule has 0 radical (unpaired) electrons. The van der Waals surface area contributed by atoms with Gasteiger partial charge >= 0.3 is 0 Å². The van der Waals surface area contributed by atoms with Crippen LogP contribution in [0.5, 0.6) is 5.75 Å². The van der Waals surface area contributed by atoms with Crippen LogP contribution in [0, 0.1) is 27.6 Å². The molecule has 4 N–H and O–H groups in total. The number of amides is 3. The summed E-state index contributed by atoms with van der Waals surface area (Å²) in [5, 5.41) is 29.7. The summed E-state index contributed by atoms with van der Waals surface area (Å²) in [6, 6.07) is 20.7. The third kappa shape index (κ3) is 12.0. The summed E-state index contributed by atoms with van der Waals surface area (Å²) < 4.78 is 12.1. The minimum atomic E-state index is -0.932. The molecule has 0 aromatic heterocycles. The molecule has 1 saturated heterocycles. The van der Waals surface area contributed by atoms with Crippen LogP contribution in [-0.2, 0) is 19.1 Å². The second kappa shape index (κ2) is 21.2. The van der Waals surface area contributed by atoms with Gasteiger partial charge in [-0.15, -0.1) is 0 Å². The van der Waals surface area contributed by atoms with Crippen molar-refractivity contribution in [1.82, 2.24) is 15.5 Å². The lowest BCUT2D eigenvalue weighted by molar-refractivity contribution is -0.164. The van der Waals surface area contributed by atoms with E-state index in [2.05, 4.69) is 66.8 Å². The first-order valence-electron chi connectivity index (χ1n) is 23.3. The van der Waals surface area contributed by atoms with Gasteiger partial charge in [-0.25, -0.2) is 0 Å². The molecule has 6 rings (SSSR count). The van der Waals surface area contributed by atoms with Crippen molar-refractivity contribution in [3.8, 4) is 11.8 Å². The molecule has 3 aromatic carbocycles. The zero-order chi connectivity index (χ0) is 48.8. The lowest BCUT2D eigenvalue weighted by Gasteiger charge is -2.63. The molecule has 2 aliphatic heterocycles.